The van der Waals surface area contributed by atoms with Gasteiger partial charge in [0.2, 0.25) is 0 Å². The minimum absolute atomic E-state index is 0.185. The summed E-state index contributed by atoms with van der Waals surface area (Å²) >= 11 is 0. The molecule has 0 radical (unpaired) electrons. The third-order valence-corrected chi connectivity index (χ3v) is 5.47. The maximum Gasteiger partial charge on any atom is 0.287 e. The minimum atomic E-state index is -0.188. The lowest BCUT2D eigenvalue weighted by Gasteiger charge is -2.44. The summed E-state index contributed by atoms with van der Waals surface area (Å²) in [4.78, 5) is 27.1. The van der Waals surface area contributed by atoms with Crippen LogP contribution in [0.4, 0.5) is 0 Å². The zero-order valence-corrected chi connectivity index (χ0v) is 14.8. The van der Waals surface area contributed by atoms with Crippen molar-refractivity contribution in [3.63, 3.8) is 0 Å². The number of nitrogens with zero attached hydrogens (tertiary/aromatic N) is 1. The van der Waals surface area contributed by atoms with Crippen molar-refractivity contribution in [2.75, 3.05) is 26.7 Å². The van der Waals surface area contributed by atoms with Crippen LogP contribution in [0, 0.1) is 5.92 Å². The number of piperidine rings is 3. The Balaban J connectivity index is 1.51. The number of benzene rings is 1. The third-order valence-electron chi connectivity index (χ3n) is 5.47. The second-order valence-corrected chi connectivity index (χ2v) is 7.01. The summed E-state index contributed by atoms with van der Waals surface area (Å²) in [5, 5.41) is 5.75. The molecule has 2 N–H and O–H groups in total. The molecule has 1 atom stereocenters. The lowest BCUT2D eigenvalue weighted by Crippen LogP contribution is -2.57. The van der Waals surface area contributed by atoms with Crippen LogP contribution in [-0.4, -0.2) is 49.4 Å². The van der Waals surface area contributed by atoms with Gasteiger partial charge in [-0.25, -0.2) is 0 Å². The van der Waals surface area contributed by atoms with E-state index in [1.807, 2.05) is 12.1 Å². The van der Waals surface area contributed by atoms with Crippen LogP contribution in [0.5, 0.6) is 0 Å². The van der Waals surface area contributed by atoms with Crippen molar-refractivity contribution in [1.29, 1.82) is 0 Å². The van der Waals surface area contributed by atoms with Gasteiger partial charge in [0.25, 0.3) is 11.8 Å². The maximum absolute atomic E-state index is 12.6. The molecule has 0 unspecified atom stereocenters. The molecule has 26 heavy (non-hydrogen) atoms. The van der Waals surface area contributed by atoms with Crippen LogP contribution in [0.3, 0.4) is 0 Å². The van der Waals surface area contributed by atoms with Gasteiger partial charge in [0, 0.05) is 25.2 Å². The number of nitrogens with one attached hydrogen (secondary N) is 2. The molecule has 5 rings (SSSR count). The number of fused-ring (bicyclic) bond motifs is 3. The summed E-state index contributed by atoms with van der Waals surface area (Å²) in [6, 6.07) is 10.8. The van der Waals surface area contributed by atoms with Gasteiger partial charge in [-0.3, -0.25) is 9.59 Å². The van der Waals surface area contributed by atoms with Gasteiger partial charge < -0.3 is 20.0 Å². The van der Waals surface area contributed by atoms with Crippen molar-refractivity contribution in [3.05, 3.63) is 47.7 Å². The second kappa shape index (κ2) is 6.96. The van der Waals surface area contributed by atoms with Gasteiger partial charge >= 0.3 is 0 Å². The van der Waals surface area contributed by atoms with Crippen LogP contribution >= 0.6 is 0 Å². The van der Waals surface area contributed by atoms with E-state index in [-0.39, 0.29) is 23.6 Å². The molecular formula is C20H23N3O3. The fraction of sp³-hybridized carbons (Fsp3) is 0.400. The quantitative estimate of drug-likeness (QED) is 0.883. The van der Waals surface area contributed by atoms with E-state index in [0.717, 1.165) is 32.5 Å². The van der Waals surface area contributed by atoms with Gasteiger partial charge in [0.1, 0.15) is 5.76 Å². The molecule has 0 saturated carbocycles. The Morgan fingerprint density at radius 2 is 1.85 bits per heavy atom. The number of furan rings is 1. The largest absolute Gasteiger partial charge is 0.451 e. The summed E-state index contributed by atoms with van der Waals surface area (Å²) in [5.41, 5.74) is 1.20. The van der Waals surface area contributed by atoms with Crippen LogP contribution in [0.1, 0.15) is 33.8 Å². The fourth-order valence-corrected chi connectivity index (χ4v) is 4.00. The fourth-order valence-electron chi connectivity index (χ4n) is 4.00. The molecule has 1 aromatic carbocycles. The molecule has 4 heterocycles. The van der Waals surface area contributed by atoms with Crippen LogP contribution in [0.2, 0.25) is 0 Å². The summed E-state index contributed by atoms with van der Waals surface area (Å²) in [6.07, 6.45) is 2.29. The first-order valence-electron chi connectivity index (χ1n) is 9.10. The highest BCUT2D eigenvalue weighted by Crippen LogP contribution is 2.29. The first-order chi connectivity index (χ1) is 12.7. The molecule has 3 fully saturated rings. The number of hydrogen-bond donors (Lipinski definition) is 2. The van der Waals surface area contributed by atoms with Crippen molar-refractivity contribution >= 4 is 11.8 Å². The topological polar surface area (TPSA) is 74.6 Å². The predicted octanol–water partition coefficient (Wildman–Crippen LogP) is 2.13. The third kappa shape index (κ3) is 3.12. The first kappa shape index (κ1) is 16.8. The van der Waals surface area contributed by atoms with Gasteiger partial charge in [-0.15, -0.1) is 0 Å². The van der Waals surface area contributed by atoms with Crippen molar-refractivity contribution in [2.24, 2.45) is 5.92 Å². The highest BCUT2D eigenvalue weighted by atomic mass is 16.4. The second-order valence-electron chi connectivity index (χ2n) is 7.01. The molecule has 6 heteroatoms. The maximum atomic E-state index is 12.6. The first-order valence-corrected chi connectivity index (χ1v) is 9.10. The van der Waals surface area contributed by atoms with E-state index in [2.05, 4.69) is 15.5 Å². The van der Waals surface area contributed by atoms with Gasteiger partial charge in [-0.05, 0) is 50.0 Å². The van der Waals surface area contributed by atoms with Gasteiger partial charge in [0.05, 0.1) is 5.56 Å². The van der Waals surface area contributed by atoms with E-state index in [0.29, 0.717) is 22.8 Å². The molecule has 0 spiro atoms. The molecule has 0 aliphatic carbocycles. The molecule has 3 aliphatic heterocycles. The summed E-state index contributed by atoms with van der Waals surface area (Å²) in [5.74, 6) is 0.987. The number of rotatable bonds is 4. The monoisotopic (exact) mass is 353 g/mol. The van der Waals surface area contributed by atoms with Crippen LogP contribution in [0.15, 0.2) is 40.8 Å². The standard InChI is InChI=1S/C20H23N3O3/c1-21-19(24)15-5-3-2-4-14(15)17-6-7-18(26-17)20(25)22-16-12-23-10-8-13(16)9-11-23/h2-7,13,16H,8-12H2,1H3,(H,21,24)(H,22,25)/t16-/m0/s1. The lowest BCUT2D eigenvalue weighted by atomic mass is 9.84. The summed E-state index contributed by atoms with van der Waals surface area (Å²) in [7, 11) is 1.59. The highest BCUT2D eigenvalue weighted by Gasteiger charge is 2.35. The number of carbonyl (C=O) groups excluding carboxylic acids is 2. The Morgan fingerprint density at radius 3 is 2.54 bits per heavy atom. The van der Waals surface area contributed by atoms with E-state index >= 15 is 0 Å². The molecule has 2 aromatic rings. The van der Waals surface area contributed by atoms with Crippen molar-refractivity contribution in [1.82, 2.24) is 15.5 Å². The van der Waals surface area contributed by atoms with Gasteiger partial charge in [-0.1, -0.05) is 18.2 Å². The van der Waals surface area contributed by atoms with Crippen molar-refractivity contribution in [3.8, 4) is 11.3 Å². The minimum Gasteiger partial charge on any atom is -0.451 e. The van der Waals surface area contributed by atoms with Crippen molar-refractivity contribution in [2.45, 2.75) is 18.9 Å². The Bertz CT molecular complexity index is 821. The van der Waals surface area contributed by atoms with Crippen LogP contribution in [-0.2, 0) is 0 Å². The number of hydrogen-bond acceptors (Lipinski definition) is 4. The average Bonchev–Trinajstić information content (AvgIpc) is 3.18. The van der Waals surface area contributed by atoms with Crippen LogP contribution in [0.25, 0.3) is 11.3 Å². The zero-order chi connectivity index (χ0) is 18.1. The number of amides is 2. The van der Waals surface area contributed by atoms with Gasteiger partial charge in [0.15, 0.2) is 5.76 Å². The normalized spacial score (nSPS) is 24.3. The lowest BCUT2D eigenvalue weighted by molar-refractivity contribution is 0.0606. The SMILES string of the molecule is CNC(=O)c1ccccc1-c1ccc(C(=O)N[C@H]2CN3CCC2CC3)o1. The van der Waals surface area contributed by atoms with E-state index < -0.39 is 0 Å². The smallest absolute Gasteiger partial charge is 0.287 e. The molecule has 2 bridgehead atoms. The Morgan fingerprint density at radius 1 is 1.08 bits per heavy atom. The zero-order valence-electron chi connectivity index (χ0n) is 14.8. The highest BCUT2D eigenvalue weighted by molar-refractivity contribution is 6.00. The van der Waals surface area contributed by atoms with Crippen LogP contribution < -0.4 is 10.6 Å². The Labute approximate surface area is 152 Å². The molecule has 1 aromatic heterocycles. The average molecular weight is 353 g/mol. The van der Waals surface area contributed by atoms with Crippen molar-refractivity contribution < 1.29 is 14.0 Å². The molecule has 6 nitrogen and oxygen atoms in total. The van der Waals surface area contributed by atoms with E-state index in [1.54, 1.807) is 31.3 Å². The summed E-state index contributed by atoms with van der Waals surface area (Å²) in [6.45, 7) is 3.19. The number of carbonyl (C=O) groups is 2. The summed E-state index contributed by atoms with van der Waals surface area (Å²) < 4.78 is 5.78. The van der Waals surface area contributed by atoms with E-state index in [9.17, 15) is 9.59 Å². The van der Waals surface area contributed by atoms with Gasteiger partial charge in [-0.2, -0.15) is 0 Å². The molecule has 3 saturated heterocycles. The van der Waals surface area contributed by atoms with E-state index in [4.69, 9.17) is 4.42 Å². The molecular weight excluding hydrogens is 330 g/mol. The molecule has 2 amide bonds. The predicted molar refractivity (Wildman–Crippen MR) is 98.0 cm³/mol. The Kier molecular flexibility index (Phi) is 4.51. The molecule has 136 valence electrons. The van der Waals surface area contributed by atoms with E-state index in [1.165, 1.54) is 0 Å². The Hall–Kier alpha value is -2.60. The molecule has 3 aliphatic rings.